The Morgan fingerprint density at radius 3 is 2.12 bits per heavy atom. The molecule has 0 radical (unpaired) electrons. The van der Waals surface area contributed by atoms with Crippen LogP contribution in [-0.4, -0.2) is 60.7 Å². The van der Waals surface area contributed by atoms with Gasteiger partial charge in [0.15, 0.2) is 0 Å². The minimum Gasteiger partial charge on any atom is -0.379 e. The molecule has 2 amide bonds. The van der Waals surface area contributed by atoms with Gasteiger partial charge in [-0.15, -0.1) is 0 Å². The summed E-state index contributed by atoms with van der Waals surface area (Å²) in [5, 5.41) is 11.0. The van der Waals surface area contributed by atoms with E-state index in [1.165, 1.54) is 23.2 Å². The number of amides is 2. The number of ether oxygens (including phenoxy) is 1. The second-order valence-electron chi connectivity index (χ2n) is 8.03. The summed E-state index contributed by atoms with van der Waals surface area (Å²) in [6.07, 6.45) is -2.85. The zero-order chi connectivity index (χ0) is 24.5. The molecule has 0 spiro atoms. The monoisotopic (exact) mass is 471 g/mol. The molecule has 34 heavy (non-hydrogen) atoms. The fourth-order valence-corrected chi connectivity index (χ4v) is 3.44. The molecule has 0 unspecified atom stereocenters. The van der Waals surface area contributed by atoms with Gasteiger partial charge in [0.1, 0.15) is 6.04 Å². The number of carbonyl (C=O) groups excluding carboxylic acids is 2. The molecule has 7 nitrogen and oxygen atoms in total. The molecule has 1 heterocycles. The standard InChI is InChI=1S/C25H27F2N3O4/c1-17(23(26)27)22(25(32)29-33)28-24(31)21-10-8-19(9-11-21)3-2-18-4-6-20(7-5-18)16-30-12-14-34-15-13-30/h4-11,17,22-23,33H,12-16H2,1H3,(H,28,31)(H,29,32)/t17-,22+/m1/s1. The predicted octanol–water partition coefficient (Wildman–Crippen LogP) is 2.42. The number of nitrogens with one attached hydrogen (secondary N) is 2. The summed E-state index contributed by atoms with van der Waals surface area (Å²) in [7, 11) is 0. The van der Waals surface area contributed by atoms with Crippen molar-refractivity contribution in [3.63, 3.8) is 0 Å². The smallest absolute Gasteiger partial charge is 0.266 e. The van der Waals surface area contributed by atoms with Crippen molar-refractivity contribution in [1.29, 1.82) is 0 Å². The number of nitrogens with zero attached hydrogens (tertiary/aromatic N) is 1. The maximum absolute atomic E-state index is 13.0. The molecule has 1 saturated heterocycles. The zero-order valence-corrected chi connectivity index (χ0v) is 18.8. The number of hydrogen-bond acceptors (Lipinski definition) is 5. The van der Waals surface area contributed by atoms with Gasteiger partial charge in [-0.3, -0.25) is 19.7 Å². The highest BCUT2D eigenvalue weighted by Crippen LogP contribution is 2.15. The van der Waals surface area contributed by atoms with Crippen LogP contribution in [0.1, 0.15) is 34.0 Å². The number of halogens is 2. The molecule has 0 aromatic heterocycles. The highest BCUT2D eigenvalue weighted by Gasteiger charge is 2.32. The van der Waals surface area contributed by atoms with E-state index < -0.39 is 30.2 Å². The molecule has 3 rings (SSSR count). The van der Waals surface area contributed by atoms with Gasteiger partial charge in [-0.2, -0.15) is 0 Å². The van der Waals surface area contributed by atoms with Gasteiger partial charge in [0, 0.05) is 42.2 Å². The highest BCUT2D eigenvalue weighted by molar-refractivity contribution is 5.97. The Balaban J connectivity index is 1.60. The van der Waals surface area contributed by atoms with Crippen molar-refractivity contribution in [2.24, 2.45) is 5.92 Å². The number of morpholine rings is 1. The molecule has 2 aromatic carbocycles. The Kier molecular flexibility index (Phi) is 9.10. The van der Waals surface area contributed by atoms with Crippen molar-refractivity contribution in [2.75, 3.05) is 26.3 Å². The van der Waals surface area contributed by atoms with Crippen molar-refractivity contribution in [3.8, 4) is 11.8 Å². The van der Waals surface area contributed by atoms with Gasteiger partial charge in [0.2, 0.25) is 6.43 Å². The van der Waals surface area contributed by atoms with E-state index in [-0.39, 0.29) is 5.56 Å². The largest absolute Gasteiger partial charge is 0.379 e. The van der Waals surface area contributed by atoms with Crippen molar-refractivity contribution in [2.45, 2.75) is 25.9 Å². The van der Waals surface area contributed by atoms with E-state index in [1.807, 2.05) is 24.3 Å². The molecule has 0 bridgehead atoms. The van der Waals surface area contributed by atoms with Crippen LogP contribution in [0.2, 0.25) is 0 Å². The van der Waals surface area contributed by atoms with Crippen LogP contribution in [0.5, 0.6) is 0 Å². The summed E-state index contributed by atoms with van der Waals surface area (Å²) in [5.74, 6) is 2.79. The van der Waals surface area contributed by atoms with Gasteiger partial charge in [0.25, 0.3) is 11.8 Å². The van der Waals surface area contributed by atoms with Crippen LogP contribution in [0, 0.1) is 17.8 Å². The van der Waals surface area contributed by atoms with Crippen LogP contribution in [-0.2, 0) is 16.1 Å². The van der Waals surface area contributed by atoms with Crippen molar-refractivity contribution < 1.29 is 28.3 Å². The first-order valence-corrected chi connectivity index (χ1v) is 10.9. The maximum atomic E-state index is 13.0. The summed E-state index contributed by atoms with van der Waals surface area (Å²) in [4.78, 5) is 26.4. The van der Waals surface area contributed by atoms with Gasteiger partial charge >= 0.3 is 0 Å². The molecule has 3 N–H and O–H groups in total. The van der Waals surface area contributed by atoms with Crippen LogP contribution in [0.25, 0.3) is 0 Å². The molecule has 180 valence electrons. The lowest BCUT2D eigenvalue weighted by Crippen LogP contribution is -2.51. The van der Waals surface area contributed by atoms with Crippen molar-refractivity contribution >= 4 is 11.8 Å². The normalized spacial score (nSPS) is 15.7. The van der Waals surface area contributed by atoms with E-state index in [1.54, 1.807) is 12.1 Å². The Hall–Kier alpha value is -3.32. The van der Waals surface area contributed by atoms with E-state index >= 15 is 0 Å². The third-order valence-corrected chi connectivity index (χ3v) is 5.56. The average molecular weight is 472 g/mol. The first-order valence-electron chi connectivity index (χ1n) is 10.9. The number of alkyl halides is 2. The maximum Gasteiger partial charge on any atom is 0.266 e. The first kappa shape index (κ1) is 25.3. The summed E-state index contributed by atoms with van der Waals surface area (Å²) >= 11 is 0. The van der Waals surface area contributed by atoms with E-state index in [2.05, 4.69) is 22.1 Å². The van der Waals surface area contributed by atoms with E-state index in [0.29, 0.717) is 5.56 Å². The van der Waals surface area contributed by atoms with Gasteiger partial charge < -0.3 is 10.1 Å². The molecule has 0 aliphatic carbocycles. The molecular weight excluding hydrogens is 444 g/mol. The molecule has 0 saturated carbocycles. The van der Waals surface area contributed by atoms with Gasteiger partial charge in [-0.05, 0) is 42.0 Å². The molecule has 1 aliphatic heterocycles. The molecule has 1 aliphatic rings. The van der Waals surface area contributed by atoms with E-state index in [4.69, 9.17) is 9.94 Å². The summed E-state index contributed by atoms with van der Waals surface area (Å²) in [6, 6.07) is 12.7. The Bertz CT molecular complexity index is 1030. The third-order valence-electron chi connectivity index (χ3n) is 5.56. The van der Waals surface area contributed by atoms with E-state index in [0.717, 1.165) is 45.3 Å². The van der Waals surface area contributed by atoms with Crippen molar-refractivity contribution in [3.05, 3.63) is 70.8 Å². The summed E-state index contributed by atoms with van der Waals surface area (Å²) < 4.78 is 31.4. The minimum absolute atomic E-state index is 0.176. The molecule has 2 atom stereocenters. The average Bonchev–Trinajstić information content (AvgIpc) is 2.86. The lowest BCUT2D eigenvalue weighted by Gasteiger charge is -2.26. The van der Waals surface area contributed by atoms with Crippen LogP contribution in [0.15, 0.2) is 48.5 Å². The molecular formula is C25H27F2N3O4. The van der Waals surface area contributed by atoms with Gasteiger partial charge in [-0.25, -0.2) is 14.3 Å². The zero-order valence-electron chi connectivity index (χ0n) is 18.8. The lowest BCUT2D eigenvalue weighted by molar-refractivity contribution is -0.134. The fraction of sp³-hybridized carbons (Fsp3) is 0.360. The number of carbonyl (C=O) groups is 2. The van der Waals surface area contributed by atoms with Gasteiger partial charge in [-0.1, -0.05) is 30.9 Å². The Morgan fingerprint density at radius 2 is 1.59 bits per heavy atom. The SMILES string of the molecule is C[C@@H](C(F)F)[C@H](NC(=O)c1ccc(C#Cc2ccc(CN3CCOCC3)cc2)cc1)C(=O)NO. The quantitative estimate of drug-likeness (QED) is 0.328. The van der Waals surface area contributed by atoms with Crippen LogP contribution >= 0.6 is 0 Å². The van der Waals surface area contributed by atoms with Gasteiger partial charge in [0.05, 0.1) is 13.2 Å². The summed E-state index contributed by atoms with van der Waals surface area (Å²) in [6.45, 7) is 5.36. The summed E-state index contributed by atoms with van der Waals surface area (Å²) in [5.41, 5.74) is 4.21. The Labute approximate surface area is 197 Å². The number of rotatable bonds is 7. The first-order chi connectivity index (χ1) is 16.4. The van der Waals surface area contributed by atoms with Crippen LogP contribution in [0.4, 0.5) is 8.78 Å². The number of hydrogen-bond donors (Lipinski definition) is 3. The second kappa shape index (κ2) is 12.2. The third kappa shape index (κ3) is 7.09. The van der Waals surface area contributed by atoms with E-state index in [9.17, 15) is 18.4 Å². The Morgan fingerprint density at radius 1 is 1.03 bits per heavy atom. The van der Waals surface area contributed by atoms with Crippen LogP contribution in [0.3, 0.4) is 0 Å². The fourth-order valence-electron chi connectivity index (χ4n) is 3.44. The number of benzene rings is 2. The molecule has 9 heteroatoms. The second-order valence-corrected chi connectivity index (χ2v) is 8.03. The lowest BCUT2D eigenvalue weighted by atomic mass is 10.0. The topological polar surface area (TPSA) is 90.9 Å². The van der Waals surface area contributed by atoms with Crippen molar-refractivity contribution in [1.82, 2.24) is 15.7 Å². The highest BCUT2D eigenvalue weighted by atomic mass is 19.3. The predicted molar refractivity (Wildman–Crippen MR) is 121 cm³/mol. The van der Waals surface area contributed by atoms with Crippen LogP contribution < -0.4 is 10.8 Å². The number of hydroxylamine groups is 1. The molecule has 1 fully saturated rings. The minimum atomic E-state index is -2.85. The molecule has 2 aromatic rings.